The van der Waals surface area contributed by atoms with Crippen LogP contribution >= 0.6 is 0 Å². The van der Waals surface area contributed by atoms with Crippen molar-refractivity contribution in [3.8, 4) is 0 Å². The quantitative estimate of drug-likeness (QED) is 0.847. The number of nitrogens with one attached hydrogen (secondary N) is 1. The van der Waals surface area contributed by atoms with Gasteiger partial charge in [0.1, 0.15) is 0 Å². The van der Waals surface area contributed by atoms with Gasteiger partial charge in [0.05, 0.1) is 6.04 Å². The molecule has 1 saturated carbocycles. The van der Waals surface area contributed by atoms with Gasteiger partial charge in [0.15, 0.2) is 0 Å². The van der Waals surface area contributed by atoms with Crippen molar-refractivity contribution in [3.63, 3.8) is 0 Å². The molecule has 5 heteroatoms. The first-order valence-corrected chi connectivity index (χ1v) is 10.0. The zero-order valence-electron chi connectivity index (χ0n) is 16.8. The first-order chi connectivity index (χ1) is 11.7. The average molecular weight is 352 g/mol. The van der Waals surface area contributed by atoms with Crippen molar-refractivity contribution in [2.75, 3.05) is 26.2 Å². The van der Waals surface area contributed by atoms with Crippen LogP contribution in [0.4, 0.5) is 0 Å². The SMILES string of the molecule is CC(C)C(C(=O)NC(C)(C)C)N1CCN(C(=O)C2CCCCC2)CC1. The van der Waals surface area contributed by atoms with Crippen LogP contribution in [0.3, 0.4) is 0 Å². The molecule has 1 saturated heterocycles. The average Bonchev–Trinajstić information content (AvgIpc) is 2.54. The smallest absolute Gasteiger partial charge is 0.238 e. The molecule has 2 amide bonds. The fraction of sp³-hybridized carbons (Fsp3) is 0.900. The summed E-state index contributed by atoms with van der Waals surface area (Å²) in [7, 11) is 0. The molecule has 1 aliphatic carbocycles. The fourth-order valence-corrected chi connectivity index (χ4v) is 4.16. The normalized spacial score (nSPS) is 22.1. The van der Waals surface area contributed by atoms with Gasteiger partial charge in [-0.1, -0.05) is 33.1 Å². The molecule has 0 spiro atoms. The predicted octanol–water partition coefficient (Wildman–Crippen LogP) is 2.65. The Hall–Kier alpha value is -1.10. The summed E-state index contributed by atoms with van der Waals surface area (Å²) < 4.78 is 0. The number of carbonyl (C=O) groups excluding carboxylic acids is 2. The molecule has 2 fully saturated rings. The minimum Gasteiger partial charge on any atom is -0.350 e. The molecule has 0 aromatic heterocycles. The number of nitrogens with zero attached hydrogens (tertiary/aromatic N) is 2. The van der Waals surface area contributed by atoms with E-state index in [1.165, 1.54) is 19.3 Å². The maximum Gasteiger partial charge on any atom is 0.238 e. The van der Waals surface area contributed by atoms with Gasteiger partial charge in [-0.05, 0) is 39.5 Å². The standard InChI is InChI=1S/C20H37N3O2/c1-15(2)17(18(24)21-20(3,4)5)22-11-13-23(14-12-22)19(25)16-9-7-6-8-10-16/h15-17H,6-14H2,1-5H3,(H,21,24). The fourth-order valence-electron chi connectivity index (χ4n) is 4.16. The van der Waals surface area contributed by atoms with Gasteiger partial charge in [0.25, 0.3) is 0 Å². The Bertz CT molecular complexity index is 456. The van der Waals surface area contributed by atoms with Crippen molar-refractivity contribution in [1.82, 2.24) is 15.1 Å². The second kappa shape index (κ2) is 8.52. The molecule has 1 aliphatic heterocycles. The highest BCUT2D eigenvalue weighted by molar-refractivity contribution is 5.83. The van der Waals surface area contributed by atoms with E-state index >= 15 is 0 Å². The van der Waals surface area contributed by atoms with Crippen molar-refractivity contribution in [2.24, 2.45) is 11.8 Å². The summed E-state index contributed by atoms with van der Waals surface area (Å²) in [5, 5.41) is 3.12. The van der Waals surface area contributed by atoms with Gasteiger partial charge in [0.2, 0.25) is 11.8 Å². The van der Waals surface area contributed by atoms with Gasteiger partial charge < -0.3 is 10.2 Å². The minimum atomic E-state index is -0.219. The molecule has 5 nitrogen and oxygen atoms in total. The van der Waals surface area contributed by atoms with Crippen molar-refractivity contribution >= 4 is 11.8 Å². The lowest BCUT2D eigenvalue weighted by molar-refractivity contribution is -0.139. The third-order valence-corrected chi connectivity index (χ3v) is 5.37. The maximum atomic E-state index is 12.7. The Balaban J connectivity index is 1.92. The monoisotopic (exact) mass is 351 g/mol. The molecule has 2 aliphatic rings. The Kier molecular flexibility index (Phi) is 6.89. The zero-order chi connectivity index (χ0) is 18.6. The number of piperazine rings is 1. The summed E-state index contributed by atoms with van der Waals surface area (Å²) in [6.07, 6.45) is 5.78. The molecule has 1 N–H and O–H groups in total. The molecular formula is C20H37N3O2. The van der Waals surface area contributed by atoms with Crippen molar-refractivity contribution < 1.29 is 9.59 Å². The molecule has 1 heterocycles. The van der Waals surface area contributed by atoms with E-state index in [0.717, 1.165) is 39.0 Å². The summed E-state index contributed by atoms with van der Waals surface area (Å²) in [4.78, 5) is 29.7. The lowest BCUT2D eigenvalue weighted by atomic mass is 9.88. The van der Waals surface area contributed by atoms with Crippen LogP contribution in [0, 0.1) is 11.8 Å². The van der Waals surface area contributed by atoms with Gasteiger partial charge in [0, 0.05) is 37.6 Å². The van der Waals surface area contributed by atoms with E-state index in [0.29, 0.717) is 5.91 Å². The van der Waals surface area contributed by atoms with E-state index < -0.39 is 0 Å². The molecule has 1 unspecified atom stereocenters. The van der Waals surface area contributed by atoms with E-state index in [1.807, 2.05) is 25.7 Å². The Morgan fingerprint density at radius 2 is 1.52 bits per heavy atom. The summed E-state index contributed by atoms with van der Waals surface area (Å²) in [6, 6.07) is -0.119. The highest BCUT2D eigenvalue weighted by Gasteiger charge is 2.35. The second-order valence-electron chi connectivity index (χ2n) is 9.12. The molecule has 144 valence electrons. The summed E-state index contributed by atoms with van der Waals surface area (Å²) in [5.41, 5.74) is -0.219. The van der Waals surface area contributed by atoms with Crippen LogP contribution in [0.1, 0.15) is 66.7 Å². The molecule has 2 rings (SSSR count). The van der Waals surface area contributed by atoms with Gasteiger partial charge in [-0.15, -0.1) is 0 Å². The number of carbonyl (C=O) groups is 2. The largest absolute Gasteiger partial charge is 0.350 e. The molecule has 0 bridgehead atoms. The Morgan fingerprint density at radius 1 is 0.960 bits per heavy atom. The zero-order valence-corrected chi connectivity index (χ0v) is 16.8. The molecular weight excluding hydrogens is 314 g/mol. The van der Waals surface area contributed by atoms with Crippen LogP contribution in [-0.4, -0.2) is 59.4 Å². The molecule has 0 aromatic carbocycles. The van der Waals surface area contributed by atoms with Crippen molar-refractivity contribution in [1.29, 1.82) is 0 Å². The lowest BCUT2D eigenvalue weighted by Gasteiger charge is -2.42. The number of hydrogen-bond acceptors (Lipinski definition) is 3. The van der Waals surface area contributed by atoms with Gasteiger partial charge in [-0.3, -0.25) is 14.5 Å². The van der Waals surface area contributed by atoms with Crippen LogP contribution in [0.5, 0.6) is 0 Å². The van der Waals surface area contributed by atoms with E-state index in [1.54, 1.807) is 0 Å². The van der Waals surface area contributed by atoms with Gasteiger partial charge in [-0.25, -0.2) is 0 Å². The summed E-state index contributed by atoms with van der Waals surface area (Å²) >= 11 is 0. The lowest BCUT2D eigenvalue weighted by Crippen LogP contribution is -2.59. The van der Waals surface area contributed by atoms with Crippen LogP contribution in [0.25, 0.3) is 0 Å². The van der Waals surface area contributed by atoms with Crippen LogP contribution < -0.4 is 5.32 Å². The minimum absolute atomic E-state index is 0.106. The topological polar surface area (TPSA) is 52.7 Å². The molecule has 0 aromatic rings. The van der Waals surface area contributed by atoms with Crippen LogP contribution in [0.2, 0.25) is 0 Å². The molecule has 25 heavy (non-hydrogen) atoms. The van der Waals surface area contributed by atoms with Crippen LogP contribution in [0.15, 0.2) is 0 Å². The predicted molar refractivity (Wildman–Crippen MR) is 101 cm³/mol. The Labute approximate surface area is 153 Å². The van der Waals surface area contributed by atoms with Crippen molar-refractivity contribution in [2.45, 2.75) is 78.3 Å². The van der Waals surface area contributed by atoms with Gasteiger partial charge >= 0.3 is 0 Å². The molecule has 0 radical (unpaired) electrons. The van der Waals surface area contributed by atoms with Gasteiger partial charge in [-0.2, -0.15) is 0 Å². The maximum absolute atomic E-state index is 12.7. The van der Waals surface area contributed by atoms with Crippen LogP contribution in [-0.2, 0) is 9.59 Å². The number of rotatable bonds is 4. The van der Waals surface area contributed by atoms with E-state index in [9.17, 15) is 9.59 Å². The highest BCUT2D eigenvalue weighted by Crippen LogP contribution is 2.26. The van der Waals surface area contributed by atoms with E-state index in [2.05, 4.69) is 24.1 Å². The summed E-state index contributed by atoms with van der Waals surface area (Å²) in [6.45, 7) is 13.3. The third kappa shape index (κ3) is 5.70. The third-order valence-electron chi connectivity index (χ3n) is 5.37. The first kappa shape index (κ1) is 20.2. The van der Waals surface area contributed by atoms with Crippen molar-refractivity contribution in [3.05, 3.63) is 0 Å². The number of hydrogen-bond donors (Lipinski definition) is 1. The Morgan fingerprint density at radius 3 is 2.00 bits per heavy atom. The number of amides is 2. The molecule has 1 atom stereocenters. The second-order valence-corrected chi connectivity index (χ2v) is 9.12. The van der Waals surface area contributed by atoms with E-state index in [-0.39, 0.29) is 29.3 Å². The highest BCUT2D eigenvalue weighted by atomic mass is 16.2. The summed E-state index contributed by atoms with van der Waals surface area (Å²) in [5.74, 6) is 0.947. The first-order valence-electron chi connectivity index (χ1n) is 10.0. The van der Waals surface area contributed by atoms with E-state index in [4.69, 9.17) is 0 Å².